The molecule has 1 aromatic rings. The van der Waals surface area contributed by atoms with Crippen LogP contribution in [-0.2, 0) is 0 Å². The fourth-order valence-electron chi connectivity index (χ4n) is 1.47. The van der Waals surface area contributed by atoms with Crippen molar-refractivity contribution in [3.63, 3.8) is 0 Å². The number of hydrogen-bond donors (Lipinski definition) is 8. The van der Waals surface area contributed by atoms with Gasteiger partial charge in [-0.2, -0.15) is 5.10 Å². The van der Waals surface area contributed by atoms with Gasteiger partial charge in [-0.05, 0) is 29.9 Å². The molecule has 190 valence electrons. The highest BCUT2D eigenvalue weighted by Gasteiger charge is 2.01. The second kappa shape index (κ2) is 23.4. The van der Waals surface area contributed by atoms with Crippen molar-refractivity contribution >= 4 is 42.7 Å². The molecule has 0 aliphatic rings. The average Bonchev–Trinajstić information content (AvgIpc) is 2.53. The molecule has 24 N–H and O–H groups in total. The zero-order chi connectivity index (χ0) is 21.5. The Hall–Kier alpha value is -4.89. The van der Waals surface area contributed by atoms with E-state index in [0.717, 1.165) is 11.1 Å². The minimum atomic E-state index is -2.33. The monoisotopic (exact) mass is 482 g/mol. The molecule has 0 saturated carbocycles. The Bertz CT molecular complexity index is 725. The van der Waals surface area contributed by atoms with Crippen molar-refractivity contribution in [3.05, 3.63) is 34.9 Å². The molecule has 0 amide bonds. The van der Waals surface area contributed by atoms with Gasteiger partial charge in [-0.15, -0.1) is 15.3 Å². The minimum Gasteiger partial charge on any atom is -0.652 e. The molecule has 1 rings (SSSR count). The van der Waals surface area contributed by atoms with E-state index in [1.54, 1.807) is 24.6 Å². The smallest absolute Gasteiger partial charge is 0.256 e. The van der Waals surface area contributed by atoms with Gasteiger partial charge in [0.25, 0.3) is 11.9 Å². The van der Waals surface area contributed by atoms with Gasteiger partial charge in [0.2, 0.25) is 18.4 Å². The zero-order valence-corrected chi connectivity index (χ0v) is 16.9. The molecule has 33 heavy (non-hydrogen) atoms. The normalized spacial score (nSPS) is 8.73. The fourth-order valence-corrected chi connectivity index (χ4v) is 1.47. The molecule has 0 spiro atoms. The fraction of sp³-hybridized carbons (Fsp3) is 0. The first-order chi connectivity index (χ1) is 13.1. The number of nitrogens with one attached hydrogen (secondary N) is 2. The van der Waals surface area contributed by atoms with Gasteiger partial charge in [-0.1, -0.05) is 0 Å². The maximum atomic E-state index is 8.33. The topological polar surface area (TPSA) is 454 Å². The van der Waals surface area contributed by atoms with Crippen molar-refractivity contribution < 1.29 is 52.6 Å². The number of carbonyl (C=O) groups excluding carboxylic acids is 1. The van der Waals surface area contributed by atoms with Crippen LogP contribution in [0.4, 0.5) is 4.79 Å². The van der Waals surface area contributed by atoms with Crippen molar-refractivity contribution in [1.29, 1.82) is 0 Å². The number of hydrogen-bond acceptors (Lipinski definition) is 7. The summed E-state index contributed by atoms with van der Waals surface area (Å²) < 4.78 is 0. The lowest BCUT2D eigenvalue weighted by atomic mass is 10.1. The highest BCUT2D eigenvalue weighted by molar-refractivity contribution is 5.90. The van der Waals surface area contributed by atoms with E-state index >= 15 is 0 Å². The first kappa shape index (κ1) is 42.3. The number of nitrogens with zero attached hydrogens (tertiary/aromatic N) is 4. The van der Waals surface area contributed by atoms with Crippen LogP contribution in [-0.4, -0.2) is 70.1 Å². The van der Waals surface area contributed by atoms with E-state index in [9.17, 15) is 0 Å². The Morgan fingerprint density at radius 1 is 0.697 bits per heavy atom. The molecule has 20 heteroatoms. The maximum Gasteiger partial charge on any atom is 0.256 e. The number of benzene rings is 1. The second-order valence-electron chi connectivity index (χ2n) is 4.57. The summed E-state index contributed by atoms with van der Waals surface area (Å²) in [5.74, 6) is -0.347. The van der Waals surface area contributed by atoms with Gasteiger partial charge in [0.15, 0.2) is 0 Å². The van der Waals surface area contributed by atoms with Gasteiger partial charge >= 0.3 is 0 Å². The molecule has 0 aliphatic carbocycles. The number of carbonyl (C=O) groups is 1. The highest BCUT2D eigenvalue weighted by atomic mass is 16.6. The van der Waals surface area contributed by atoms with Crippen LogP contribution in [0.3, 0.4) is 0 Å². The van der Waals surface area contributed by atoms with Crippen molar-refractivity contribution in [2.24, 2.45) is 54.8 Å². The lowest BCUT2D eigenvalue weighted by molar-refractivity contribution is -0.456. The maximum absolute atomic E-state index is 8.33. The van der Waals surface area contributed by atoms with Gasteiger partial charge in [0.1, 0.15) is 0 Å². The summed E-state index contributed by atoms with van der Waals surface area (Å²) in [4.78, 5) is 8.33. The molecule has 0 aromatic heterocycles. The van der Waals surface area contributed by atoms with E-state index < -0.39 is 6.16 Å². The molecule has 0 unspecified atom stereocenters. The van der Waals surface area contributed by atoms with Crippen LogP contribution in [0.15, 0.2) is 38.6 Å². The van der Waals surface area contributed by atoms with Crippen LogP contribution in [0.25, 0.3) is 0 Å². The van der Waals surface area contributed by atoms with Gasteiger partial charge in [-0.3, -0.25) is 0 Å². The SMILES string of the molecule is NC(N)=N/N=C/c1cc(/C=[NH+]/N=C(N)N)cc(/C=[NH+]/N=C(N)N)c1.O.O.O.O.O.O=C([O-])[O-]. The first-order valence-corrected chi connectivity index (χ1v) is 7.10. The van der Waals surface area contributed by atoms with Gasteiger partial charge in [-0.25, -0.2) is 0 Å². The Kier molecular flexibility index (Phi) is 30.0. The molecule has 0 fully saturated rings. The summed E-state index contributed by atoms with van der Waals surface area (Å²) in [7, 11) is 0. The predicted octanol–water partition coefficient (Wildman–Crippen LogP) is -12.9. The number of rotatable bonds is 6. The van der Waals surface area contributed by atoms with Gasteiger partial charge < -0.3 is 76.8 Å². The van der Waals surface area contributed by atoms with E-state index in [1.807, 2.05) is 6.07 Å². The number of carboxylic acid groups (broad SMARTS) is 2. The van der Waals surface area contributed by atoms with Crippen molar-refractivity contribution in [1.82, 2.24) is 0 Å². The standard InChI is InChI=1S/C12H18N12.CH2O3.5H2O/c13-10(14)22-19-4-7-1-8(5-20-23-11(15)16)3-9(2-7)6-21-24-12(17)18;2-1(3)4;;;;;/h1-6H,(H4,13,14,22)(H4,15,16,23)(H4,17,18,24);(H2,2,3,4);5*1H2/b19-4+,20-5+,21-6+;;;;;;. The van der Waals surface area contributed by atoms with Crippen molar-refractivity contribution in [3.8, 4) is 0 Å². The Labute approximate surface area is 185 Å². The van der Waals surface area contributed by atoms with Crippen LogP contribution in [0, 0.1) is 0 Å². The van der Waals surface area contributed by atoms with E-state index in [2.05, 4.69) is 30.6 Å². The Balaban J connectivity index is -0.000000187. The summed E-state index contributed by atoms with van der Waals surface area (Å²) in [6, 6.07) is 5.39. The number of nitrogens with two attached hydrogens (primary N) is 6. The lowest BCUT2D eigenvalue weighted by Crippen LogP contribution is -2.64. The van der Waals surface area contributed by atoms with Gasteiger partial charge in [0, 0.05) is 21.3 Å². The molecular weight excluding hydrogens is 452 g/mol. The second-order valence-corrected chi connectivity index (χ2v) is 4.57. The largest absolute Gasteiger partial charge is 0.652 e. The highest BCUT2D eigenvalue weighted by Crippen LogP contribution is 2.05. The van der Waals surface area contributed by atoms with Crippen LogP contribution in [0.1, 0.15) is 16.7 Å². The molecule has 20 nitrogen and oxygen atoms in total. The Morgan fingerprint density at radius 2 is 1.03 bits per heavy atom. The summed E-state index contributed by atoms with van der Waals surface area (Å²) in [6.45, 7) is 0. The van der Waals surface area contributed by atoms with Crippen LogP contribution in [0.2, 0.25) is 0 Å². The van der Waals surface area contributed by atoms with Crippen LogP contribution < -0.4 is 54.8 Å². The van der Waals surface area contributed by atoms with Crippen molar-refractivity contribution in [2.45, 2.75) is 0 Å². The number of hydrazone groups is 2. The minimum absolute atomic E-state index is 0. The lowest BCUT2D eigenvalue weighted by Gasteiger charge is -1.96. The van der Waals surface area contributed by atoms with E-state index in [-0.39, 0.29) is 45.3 Å². The van der Waals surface area contributed by atoms with Crippen LogP contribution in [0.5, 0.6) is 0 Å². The van der Waals surface area contributed by atoms with E-state index in [1.165, 1.54) is 6.21 Å². The third-order valence-electron chi connectivity index (χ3n) is 2.23. The third kappa shape index (κ3) is 27.1. The van der Waals surface area contributed by atoms with Crippen LogP contribution >= 0.6 is 0 Å². The zero-order valence-electron chi connectivity index (χ0n) is 16.9. The predicted molar refractivity (Wildman–Crippen MR) is 117 cm³/mol. The summed E-state index contributed by atoms with van der Waals surface area (Å²) in [6.07, 6.45) is 2.29. The Morgan fingerprint density at radius 3 is 1.33 bits per heavy atom. The first-order valence-electron chi connectivity index (χ1n) is 7.10. The summed E-state index contributed by atoms with van der Waals surface area (Å²) in [5, 5.41) is 36.4. The third-order valence-corrected chi connectivity index (χ3v) is 2.23. The summed E-state index contributed by atoms with van der Waals surface area (Å²) >= 11 is 0. The molecular formula is C13H30N12O8. The summed E-state index contributed by atoms with van der Waals surface area (Å²) in [5.41, 5.74) is 33.6. The van der Waals surface area contributed by atoms with E-state index in [4.69, 9.17) is 49.4 Å². The average molecular weight is 482 g/mol. The quantitative estimate of drug-likeness (QED) is 0.108. The molecule has 0 atom stereocenters. The molecule has 0 aliphatic heterocycles. The van der Waals surface area contributed by atoms with Gasteiger partial charge in [0.05, 0.1) is 6.21 Å². The molecule has 0 saturated heterocycles. The van der Waals surface area contributed by atoms with Crippen molar-refractivity contribution in [2.75, 3.05) is 0 Å². The molecule has 0 radical (unpaired) electrons. The number of guanidine groups is 3. The molecule has 0 bridgehead atoms. The molecule has 1 aromatic carbocycles. The van der Waals surface area contributed by atoms with E-state index in [0.29, 0.717) is 5.56 Å². The molecule has 0 heterocycles.